The molecule has 0 aromatic carbocycles. The average molecular weight is 431 g/mol. The Labute approximate surface area is 185 Å². The first-order valence-corrected chi connectivity index (χ1v) is 12.3. The summed E-state index contributed by atoms with van der Waals surface area (Å²) in [6, 6.07) is 0. The fourth-order valence-corrected chi connectivity index (χ4v) is 8.43. The summed E-state index contributed by atoms with van der Waals surface area (Å²) in [7, 11) is 0. The van der Waals surface area contributed by atoms with Crippen molar-refractivity contribution in [3.8, 4) is 0 Å². The molecule has 0 bridgehead atoms. The van der Waals surface area contributed by atoms with Gasteiger partial charge in [0.25, 0.3) is 0 Å². The van der Waals surface area contributed by atoms with Crippen LogP contribution in [0.25, 0.3) is 0 Å². The van der Waals surface area contributed by atoms with Gasteiger partial charge in [-0.2, -0.15) is 0 Å². The molecule has 172 valence electrons. The zero-order valence-corrected chi connectivity index (χ0v) is 19.5. The van der Waals surface area contributed by atoms with Crippen molar-refractivity contribution >= 4 is 17.3 Å². The summed E-state index contributed by atoms with van der Waals surface area (Å²) >= 11 is 0. The molecule has 1 aliphatic heterocycles. The van der Waals surface area contributed by atoms with Crippen molar-refractivity contribution in [3.63, 3.8) is 0 Å². The number of hydrogen-bond acceptors (Lipinski definition) is 6. The molecule has 0 aromatic rings. The van der Waals surface area contributed by atoms with E-state index in [9.17, 15) is 14.7 Å². The normalized spacial score (nSPS) is 50.2. The lowest BCUT2D eigenvalue weighted by Gasteiger charge is -2.65. The Morgan fingerprint density at radius 3 is 2.48 bits per heavy atom. The second-order valence-corrected chi connectivity index (χ2v) is 11.9. The Morgan fingerprint density at radius 1 is 1.00 bits per heavy atom. The highest BCUT2D eigenvalue weighted by Crippen LogP contribution is 2.68. The lowest BCUT2D eigenvalue weighted by Crippen LogP contribution is -2.73. The van der Waals surface area contributed by atoms with Gasteiger partial charge >= 0.3 is 0 Å². The Hall–Kier alpha value is -1.27. The second-order valence-electron chi connectivity index (χ2n) is 11.9. The minimum atomic E-state index is -1.45. The smallest absolute Gasteiger partial charge is 0.166 e. The fourth-order valence-electron chi connectivity index (χ4n) is 8.43. The topological polar surface area (TPSA) is 88.0 Å². The van der Waals surface area contributed by atoms with Gasteiger partial charge in [-0.05, 0) is 56.4 Å². The van der Waals surface area contributed by atoms with Gasteiger partial charge in [-0.25, -0.2) is 0 Å². The molecule has 5 rings (SSSR count). The van der Waals surface area contributed by atoms with Crippen LogP contribution < -0.4 is 5.32 Å². The van der Waals surface area contributed by atoms with Gasteiger partial charge in [-0.3, -0.25) is 9.59 Å². The van der Waals surface area contributed by atoms with Crippen molar-refractivity contribution in [1.29, 1.82) is 0 Å². The summed E-state index contributed by atoms with van der Waals surface area (Å²) in [6.07, 6.45) is 6.21. The van der Waals surface area contributed by atoms with Gasteiger partial charge in [0, 0.05) is 42.1 Å². The standard InChI is InChI=1S/C25H38N2O4/c1-22(2)19(27-31-15-9-12-26-14-15)8-11-24(4)18-7-10-23(3)17(5-6-20(23)28)16(18)13-21(29)25(22,24)30/h15-18,26,30H,5-14H2,1-4H3/b27-19+/t15-,16-,17-,18-,23-,24+,25+/m0/s1. The van der Waals surface area contributed by atoms with Gasteiger partial charge in [-0.1, -0.05) is 32.9 Å². The number of carbonyl (C=O) groups is 2. The highest BCUT2D eigenvalue weighted by molar-refractivity contribution is 6.02. The molecular weight excluding hydrogens is 392 g/mol. The molecular formula is C25H38N2O4. The molecule has 6 nitrogen and oxygen atoms in total. The monoisotopic (exact) mass is 430 g/mol. The van der Waals surface area contributed by atoms with Crippen molar-refractivity contribution in [2.24, 2.45) is 39.2 Å². The molecule has 31 heavy (non-hydrogen) atoms. The maximum Gasteiger partial charge on any atom is 0.166 e. The summed E-state index contributed by atoms with van der Waals surface area (Å²) < 4.78 is 0. The Bertz CT molecular complexity index is 831. The van der Waals surface area contributed by atoms with E-state index >= 15 is 0 Å². The quantitative estimate of drug-likeness (QED) is 0.657. The van der Waals surface area contributed by atoms with Crippen LogP contribution in [0.4, 0.5) is 0 Å². The van der Waals surface area contributed by atoms with Gasteiger partial charge in [0.1, 0.15) is 17.5 Å². The Morgan fingerprint density at radius 2 is 1.77 bits per heavy atom. The van der Waals surface area contributed by atoms with E-state index in [2.05, 4.69) is 24.3 Å². The zero-order chi connectivity index (χ0) is 22.2. The van der Waals surface area contributed by atoms with Crippen LogP contribution in [-0.2, 0) is 14.4 Å². The van der Waals surface area contributed by atoms with Crippen molar-refractivity contribution < 1.29 is 19.5 Å². The second kappa shape index (κ2) is 6.86. The number of oxime groups is 1. The average Bonchev–Trinajstić information content (AvgIpc) is 3.33. The van der Waals surface area contributed by atoms with Gasteiger partial charge in [-0.15, -0.1) is 0 Å². The number of carbonyl (C=O) groups excluding carboxylic acids is 2. The molecule has 0 spiro atoms. The van der Waals surface area contributed by atoms with Gasteiger partial charge in [0.2, 0.25) is 0 Å². The van der Waals surface area contributed by atoms with Gasteiger partial charge in [0.15, 0.2) is 5.78 Å². The van der Waals surface area contributed by atoms with Crippen LogP contribution >= 0.6 is 0 Å². The van der Waals surface area contributed by atoms with E-state index in [4.69, 9.17) is 4.84 Å². The van der Waals surface area contributed by atoms with Crippen LogP contribution in [-0.4, -0.2) is 47.2 Å². The van der Waals surface area contributed by atoms with E-state index in [1.165, 1.54) is 0 Å². The first-order chi connectivity index (χ1) is 14.6. The van der Waals surface area contributed by atoms with E-state index in [0.29, 0.717) is 18.6 Å². The number of rotatable bonds is 2. The molecule has 0 aromatic heterocycles. The molecule has 2 N–H and O–H groups in total. The van der Waals surface area contributed by atoms with E-state index in [0.717, 1.165) is 57.3 Å². The molecule has 6 heteroatoms. The van der Waals surface area contributed by atoms with E-state index in [1.807, 2.05) is 13.8 Å². The third-order valence-electron chi connectivity index (χ3n) is 10.4. The number of hydrogen-bond donors (Lipinski definition) is 2. The predicted molar refractivity (Wildman–Crippen MR) is 118 cm³/mol. The summed E-state index contributed by atoms with van der Waals surface area (Å²) in [5.74, 6) is 1.07. The van der Waals surface area contributed by atoms with Crippen molar-refractivity contribution in [3.05, 3.63) is 0 Å². The Balaban J connectivity index is 1.48. The molecule has 1 heterocycles. The first-order valence-electron chi connectivity index (χ1n) is 12.3. The molecule has 0 unspecified atom stereocenters. The highest BCUT2D eigenvalue weighted by atomic mass is 16.6. The molecule has 0 amide bonds. The highest BCUT2D eigenvalue weighted by Gasteiger charge is 2.72. The van der Waals surface area contributed by atoms with Crippen LogP contribution in [0.2, 0.25) is 0 Å². The summed E-state index contributed by atoms with van der Waals surface area (Å²) in [6.45, 7) is 9.95. The first kappa shape index (κ1) is 21.6. The van der Waals surface area contributed by atoms with Crippen LogP contribution in [0.15, 0.2) is 5.16 Å². The maximum atomic E-state index is 13.8. The lowest BCUT2D eigenvalue weighted by molar-refractivity contribution is -0.217. The number of nitrogens with one attached hydrogen (secondary N) is 1. The third kappa shape index (κ3) is 2.67. The van der Waals surface area contributed by atoms with Gasteiger partial charge < -0.3 is 15.3 Å². The maximum absolute atomic E-state index is 13.8. The molecule has 7 atom stereocenters. The molecule has 5 fully saturated rings. The van der Waals surface area contributed by atoms with E-state index < -0.39 is 16.4 Å². The summed E-state index contributed by atoms with van der Waals surface area (Å²) in [4.78, 5) is 32.3. The molecule has 0 radical (unpaired) electrons. The molecule has 5 aliphatic rings. The largest absolute Gasteiger partial charge is 0.391 e. The molecule has 4 aliphatic carbocycles. The van der Waals surface area contributed by atoms with Gasteiger partial charge in [0.05, 0.1) is 5.71 Å². The molecule has 1 saturated heterocycles. The minimum absolute atomic E-state index is 0.0558. The third-order valence-corrected chi connectivity index (χ3v) is 10.4. The number of aliphatic hydroxyl groups is 1. The fraction of sp³-hybridized carbons (Fsp3) is 0.880. The number of Topliss-reactive ketones (excluding diaryl/α,β-unsaturated/α-hetero) is 2. The van der Waals surface area contributed by atoms with E-state index in [1.54, 1.807) is 0 Å². The van der Waals surface area contributed by atoms with Crippen molar-refractivity contribution in [2.45, 2.75) is 90.8 Å². The lowest BCUT2D eigenvalue weighted by atomic mass is 9.39. The van der Waals surface area contributed by atoms with Crippen molar-refractivity contribution in [2.75, 3.05) is 13.1 Å². The number of fused-ring (bicyclic) bond motifs is 5. The number of nitrogens with zero attached hydrogens (tertiary/aromatic N) is 1. The number of ketones is 2. The predicted octanol–water partition coefficient (Wildman–Crippen LogP) is 3.26. The van der Waals surface area contributed by atoms with Crippen LogP contribution in [0.5, 0.6) is 0 Å². The SMILES string of the molecule is CC1(C)/C(=N/O[C@H]2CCNC2)CC[C@]2(C)[C@H]3CC[C@]4(C)C(=O)CC[C@H]4[C@@H]3CC(=O)[C@@]12O. The molecule has 4 saturated carbocycles. The summed E-state index contributed by atoms with van der Waals surface area (Å²) in [5.41, 5.74) is -2.19. The minimum Gasteiger partial charge on any atom is -0.391 e. The Kier molecular flexibility index (Phi) is 4.78. The van der Waals surface area contributed by atoms with E-state index in [-0.39, 0.29) is 35.1 Å². The van der Waals surface area contributed by atoms with Crippen LogP contribution in [0.1, 0.15) is 79.1 Å². The van der Waals surface area contributed by atoms with Crippen LogP contribution in [0.3, 0.4) is 0 Å². The van der Waals surface area contributed by atoms with Crippen molar-refractivity contribution in [1.82, 2.24) is 5.32 Å². The van der Waals surface area contributed by atoms with Crippen LogP contribution in [0, 0.1) is 34.0 Å². The zero-order valence-electron chi connectivity index (χ0n) is 19.5. The summed E-state index contributed by atoms with van der Waals surface area (Å²) in [5, 5.41) is 20.0.